The van der Waals surface area contributed by atoms with Crippen LogP contribution in [0.5, 0.6) is 0 Å². The second kappa shape index (κ2) is 5.10. The topological polar surface area (TPSA) is 35.8 Å². The monoisotopic (exact) mass is 274 g/mol. The van der Waals surface area contributed by atoms with Crippen LogP contribution >= 0.6 is 0 Å². The molecule has 0 saturated carbocycles. The molecular formula is C19H18N2. The Kier molecular flexibility index (Phi) is 3.27. The first-order valence-electron chi connectivity index (χ1n) is 7.17. The second-order valence-electron chi connectivity index (χ2n) is 6.07. The summed E-state index contributed by atoms with van der Waals surface area (Å²) in [5, 5.41) is 13.2. The largest absolute Gasteiger partial charge is 0.378 e. The summed E-state index contributed by atoms with van der Waals surface area (Å²) in [6.45, 7) is 4.34. The van der Waals surface area contributed by atoms with Crippen LogP contribution < -0.4 is 5.32 Å². The van der Waals surface area contributed by atoms with Crippen molar-refractivity contribution in [3.8, 4) is 6.07 Å². The molecule has 0 spiro atoms. The standard InChI is InChI=1S/C19H18N2/c1-19(2)12-15-10-6-7-11-16(15)18(21-19)17(13-20)14-8-4-3-5-9-14/h3-11,21H,12H2,1-2H3/b18-17+. The predicted octanol–water partition coefficient (Wildman–Crippen LogP) is 4.00. The quantitative estimate of drug-likeness (QED) is 0.798. The second-order valence-corrected chi connectivity index (χ2v) is 6.07. The molecule has 21 heavy (non-hydrogen) atoms. The average Bonchev–Trinajstić information content (AvgIpc) is 2.48. The minimum atomic E-state index is -0.0550. The van der Waals surface area contributed by atoms with Gasteiger partial charge in [0.15, 0.2) is 0 Å². The molecule has 2 aromatic rings. The molecule has 1 N–H and O–H groups in total. The van der Waals surface area contributed by atoms with Gasteiger partial charge in [0.05, 0.1) is 11.3 Å². The minimum absolute atomic E-state index is 0.0550. The number of fused-ring (bicyclic) bond motifs is 1. The average molecular weight is 274 g/mol. The van der Waals surface area contributed by atoms with Crippen LogP contribution in [0.1, 0.15) is 30.5 Å². The molecule has 2 aromatic carbocycles. The maximum atomic E-state index is 9.68. The fraction of sp³-hybridized carbons (Fsp3) is 0.211. The number of hydrogen-bond acceptors (Lipinski definition) is 2. The van der Waals surface area contributed by atoms with Crippen molar-refractivity contribution in [2.75, 3.05) is 0 Å². The van der Waals surface area contributed by atoms with Crippen LogP contribution in [0.2, 0.25) is 0 Å². The lowest BCUT2D eigenvalue weighted by Crippen LogP contribution is -2.44. The molecule has 0 amide bonds. The highest BCUT2D eigenvalue weighted by Crippen LogP contribution is 2.34. The van der Waals surface area contributed by atoms with E-state index in [1.807, 2.05) is 36.4 Å². The summed E-state index contributed by atoms with van der Waals surface area (Å²) in [4.78, 5) is 0. The lowest BCUT2D eigenvalue weighted by molar-refractivity contribution is 0.438. The number of hydrogen-bond donors (Lipinski definition) is 1. The minimum Gasteiger partial charge on any atom is -0.378 e. The van der Waals surface area contributed by atoms with E-state index in [4.69, 9.17) is 0 Å². The van der Waals surface area contributed by atoms with Gasteiger partial charge in [0.25, 0.3) is 0 Å². The summed E-state index contributed by atoms with van der Waals surface area (Å²) >= 11 is 0. The van der Waals surface area contributed by atoms with Crippen molar-refractivity contribution < 1.29 is 0 Å². The van der Waals surface area contributed by atoms with E-state index in [0.29, 0.717) is 5.57 Å². The van der Waals surface area contributed by atoms with E-state index < -0.39 is 0 Å². The Bertz CT molecular complexity index is 734. The van der Waals surface area contributed by atoms with Crippen LogP contribution in [-0.2, 0) is 6.42 Å². The Morgan fingerprint density at radius 2 is 1.71 bits per heavy atom. The molecule has 0 bridgehead atoms. The maximum Gasteiger partial charge on any atom is 0.102 e. The summed E-state index contributed by atoms with van der Waals surface area (Å²) in [6.07, 6.45) is 0.959. The molecule has 0 aliphatic carbocycles. The van der Waals surface area contributed by atoms with Gasteiger partial charge in [-0.05, 0) is 31.4 Å². The highest BCUT2D eigenvalue weighted by Gasteiger charge is 2.29. The van der Waals surface area contributed by atoms with Gasteiger partial charge in [-0.3, -0.25) is 0 Å². The van der Waals surface area contributed by atoms with Crippen molar-refractivity contribution in [3.05, 3.63) is 71.3 Å². The van der Waals surface area contributed by atoms with Gasteiger partial charge in [0, 0.05) is 11.1 Å². The SMILES string of the molecule is CC1(C)Cc2ccccc2/C(=C(/C#N)c2ccccc2)N1. The molecule has 1 aliphatic rings. The van der Waals surface area contributed by atoms with E-state index in [9.17, 15) is 5.26 Å². The first kappa shape index (κ1) is 13.5. The highest BCUT2D eigenvalue weighted by molar-refractivity contribution is 5.97. The predicted molar refractivity (Wildman–Crippen MR) is 86.2 cm³/mol. The first-order chi connectivity index (χ1) is 10.1. The van der Waals surface area contributed by atoms with Crippen LogP contribution in [0.4, 0.5) is 0 Å². The Hall–Kier alpha value is -2.53. The number of allylic oxidation sites excluding steroid dienone is 1. The van der Waals surface area contributed by atoms with Crippen LogP contribution in [0.15, 0.2) is 54.6 Å². The molecule has 0 fully saturated rings. The number of nitrogens with one attached hydrogen (secondary N) is 1. The van der Waals surface area contributed by atoms with Gasteiger partial charge >= 0.3 is 0 Å². The van der Waals surface area contributed by atoms with E-state index in [1.165, 1.54) is 5.56 Å². The van der Waals surface area contributed by atoms with Gasteiger partial charge in [-0.15, -0.1) is 0 Å². The number of nitriles is 1. The molecule has 0 atom stereocenters. The molecular weight excluding hydrogens is 256 g/mol. The van der Waals surface area contributed by atoms with Gasteiger partial charge in [-0.2, -0.15) is 5.26 Å². The van der Waals surface area contributed by atoms with Crippen LogP contribution in [0.25, 0.3) is 11.3 Å². The molecule has 0 aromatic heterocycles. The van der Waals surface area contributed by atoms with Gasteiger partial charge in [-0.25, -0.2) is 0 Å². The van der Waals surface area contributed by atoms with Crippen LogP contribution in [0, 0.1) is 11.3 Å². The van der Waals surface area contributed by atoms with Crippen molar-refractivity contribution in [3.63, 3.8) is 0 Å². The lowest BCUT2D eigenvalue weighted by atomic mass is 9.84. The van der Waals surface area contributed by atoms with E-state index in [1.54, 1.807) is 0 Å². The van der Waals surface area contributed by atoms with E-state index in [0.717, 1.165) is 23.2 Å². The molecule has 2 heteroatoms. The Labute approximate surface area is 125 Å². The zero-order valence-corrected chi connectivity index (χ0v) is 12.4. The van der Waals surface area contributed by atoms with Crippen molar-refractivity contribution in [2.45, 2.75) is 25.8 Å². The Morgan fingerprint density at radius 1 is 1.05 bits per heavy atom. The van der Waals surface area contributed by atoms with Crippen LogP contribution in [0.3, 0.4) is 0 Å². The van der Waals surface area contributed by atoms with Gasteiger partial charge in [-0.1, -0.05) is 54.6 Å². The fourth-order valence-corrected chi connectivity index (χ4v) is 2.91. The molecule has 0 radical (unpaired) electrons. The molecule has 104 valence electrons. The van der Waals surface area contributed by atoms with Gasteiger partial charge in [0.1, 0.15) is 6.07 Å². The normalized spacial score (nSPS) is 18.1. The van der Waals surface area contributed by atoms with Crippen molar-refractivity contribution in [1.82, 2.24) is 5.32 Å². The smallest absolute Gasteiger partial charge is 0.102 e. The Morgan fingerprint density at radius 3 is 2.43 bits per heavy atom. The molecule has 0 unspecified atom stereocenters. The van der Waals surface area contributed by atoms with E-state index in [-0.39, 0.29) is 5.54 Å². The highest BCUT2D eigenvalue weighted by atomic mass is 15.0. The molecule has 3 rings (SSSR count). The Balaban J connectivity index is 2.25. The third-order valence-electron chi connectivity index (χ3n) is 3.81. The summed E-state index contributed by atoms with van der Waals surface area (Å²) in [6, 6.07) is 20.6. The van der Waals surface area contributed by atoms with E-state index in [2.05, 4.69) is 43.4 Å². The van der Waals surface area contributed by atoms with Crippen molar-refractivity contribution in [2.24, 2.45) is 0 Å². The third kappa shape index (κ3) is 2.55. The lowest BCUT2D eigenvalue weighted by Gasteiger charge is -2.36. The van der Waals surface area contributed by atoms with E-state index >= 15 is 0 Å². The van der Waals surface area contributed by atoms with Crippen LogP contribution in [-0.4, -0.2) is 5.54 Å². The zero-order chi connectivity index (χ0) is 14.9. The van der Waals surface area contributed by atoms with Gasteiger partial charge < -0.3 is 5.32 Å². The van der Waals surface area contributed by atoms with Crippen molar-refractivity contribution >= 4 is 11.3 Å². The molecule has 0 saturated heterocycles. The van der Waals surface area contributed by atoms with Crippen molar-refractivity contribution in [1.29, 1.82) is 5.26 Å². The summed E-state index contributed by atoms with van der Waals surface area (Å²) < 4.78 is 0. The molecule has 1 aliphatic heterocycles. The first-order valence-corrected chi connectivity index (χ1v) is 7.17. The van der Waals surface area contributed by atoms with Gasteiger partial charge in [0.2, 0.25) is 0 Å². The zero-order valence-electron chi connectivity index (χ0n) is 12.4. The molecule has 2 nitrogen and oxygen atoms in total. The fourth-order valence-electron chi connectivity index (χ4n) is 2.91. The maximum absolute atomic E-state index is 9.68. The third-order valence-corrected chi connectivity index (χ3v) is 3.81. The number of rotatable bonds is 1. The summed E-state index contributed by atoms with van der Waals surface area (Å²) in [7, 11) is 0. The number of benzene rings is 2. The summed E-state index contributed by atoms with van der Waals surface area (Å²) in [5.74, 6) is 0. The summed E-state index contributed by atoms with van der Waals surface area (Å²) in [5.41, 5.74) is 4.97. The molecule has 1 heterocycles. The number of nitrogens with zero attached hydrogens (tertiary/aromatic N) is 1.